The van der Waals surface area contributed by atoms with Crippen LogP contribution in [-0.2, 0) is 6.42 Å². The summed E-state index contributed by atoms with van der Waals surface area (Å²) in [5, 5.41) is 3.18. The SMILES string of the molecule is CCc1nc2ccc(Br)cn2c1NC. The third-order valence-electron chi connectivity index (χ3n) is 2.23. The molecule has 0 aliphatic rings. The fourth-order valence-corrected chi connectivity index (χ4v) is 1.92. The van der Waals surface area contributed by atoms with Crippen LogP contribution in [0.4, 0.5) is 5.82 Å². The molecule has 0 amide bonds. The molecule has 0 aromatic carbocycles. The smallest absolute Gasteiger partial charge is 0.138 e. The lowest BCUT2D eigenvalue weighted by Crippen LogP contribution is -1.96. The van der Waals surface area contributed by atoms with E-state index in [4.69, 9.17) is 0 Å². The molecule has 0 unspecified atom stereocenters. The minimum atomic E-state index is 0.940. The second-order valence-electron chi connectivity index (χ2n) is 3.09. The maximum atomic E-state index is 4.52. The molecule has 3 nitrogen and oxygen atoms in total. The van der Waals surface area contributed by atoms with Gasteiger partial charge >= 0.3 is 0 Å². The fraction of sp³-hybridized carbons (Fsp3) is 0.300. The Morgan fingerprint density at radius 3 is 2.93 bits per heavy atom. The van der Waals surface area contributed by atoms with Crippen molar-refractivity contribution in [2.75, 3.05) is 12.4 Å². The molecule has 2 heterocycles. The first kappa shape index (κ1) is 9.52. The van der Waals surface area contributed by atoms with E-state index in [0.717, 1.165) is 28.1 Å². The second-order valence-corrected chi connectivity index (χ2v) is 4.00. The van der Waals surface area contributed by atoms with Crippen LogP contribution in [0.5, 0.6) is 0 Å². The van der Waals surface area contributed by atoms with Gasteiger partial charge in [-0.05, 0) is 34.5 Å². The summed E-state index contributed by atoms with van der Waals surface area (Å²) in [7, 11) is 1.92. The Bertz CT molecular complexity index is 462. The number of anilines is 1. The predicted octanol–water partition coefficient (Wildman–Crippen LogP) is 2.70. The van der Waals surface area contributed by atoms with Crippen LogP contribution in [0.1, 0.15) is 12.6 Å². The van der Waals surface area contributed by atoms with Gasteiger partial charge in [-0.15, -0.1) is 0 Å². The van der Waals surface area contributed by atoms with Gasteiger partial charge in [-0.1, -0.05) is 6.92 Å². The zero-order valence-corrected chi connectivity index (χ0v) is 9.80. The van der Waals surface area contributed by atoms with Gasteiger partial charge in [0.15, 0.2) is 0 Å². The Kier molecular flexibility index (Phi) is 2.46. The zero-order chi connectivity index (χ0) is 10.1. The molecular formula is C10H12BrN3. The minimum Gasteiger partial charge on any atom is -0.373 e. The Morgan fingerprint density at radius 1 is 1.50 bits per heavy atom. The first-order valence-corrected chi connectivity index (χ1v) is 5.39. The number of aromatic nitrogens is 2. The molecule has 0 radical (unpaired) electrons. The zero-order valence-electron chi connectivity index (χ0n) is 8.21. The van der Waals surface area contributed by atoms with Crippen LogP contribution in [0, 0.1) is 0 Å². The molecule has 0 spiro atoms. The highest BCUT2D eigenvalue weighted by Crippen LogP contribution is 2.20. The molecule has 14 heavy (non-hydrogen) atoms. The molecule has 4 heteroatoms. The van der Waals surface area contributed by atoms with Crippen molar-refractivity contribution < 1.29 is 0 Å². The molecule has 0 bridgehead atoms. The van der Waals surface area contributed by atoms with Crippen LogP contribution in [0.3, 0.4) is 0 Å². The quantitative estimate of drug-likeness (QED) is 0.892. The van der Waals surface area contributed by atoms with Crippen molar-refractivity contribution in [2.24, 2.45) is 0 Å². The minimum absolute atomic E-state index is 0.940. The highest BCUT2D eigenvalue weighted by molar-refractivity contribution is 9.10. The topological polar surface area (TPSA) is 29.3 Å². The summed E-state index contributed by atoms with van der Waals surface area (Å²) in [6.07, 6.45) is 2.96. The largest absolute Gasteiger partial charge is 0.373 e. The highest BCUT2D eigenvalue weighted by Gasteiger charge is 2.08. The number of hydrogen-bond acceptors (Lipinski definition) is 2. The van der Waals surface area contributed by atoms with E-state index in [2.05, 4.69) is 37.6 Å². The van der Waals surface area contributed by atoms with E-state index in [0.29, 0.717) is 0 Å². The van der Waals surface area contributed by atoms with E-state index in [1.165, 1.54) is 0 Å². The number of rotatable bonds is 2. The molecule has 74 valence electrons. The van der Waals surface area contributed by atoms with Crippen molar-refractivity contribution in [1.29, 1.82) is 0 Å². The van der Waals surface area contributed by atoms with E-state index in [9.17, 15) is 0 Å². The number of hydrogen-bond donors (Lipinski definition) is 1. The molecule has 0 atom stereocenters. The van der Waals surface area contributed by atoms with Gasteiger partial charge in [-0.25, -0.2) is 4.98 Å². The Balaban J connectivity index is 2.74. The molecule has 2 rings (SSSR count). The normalized spacial score (nSPS) is 10.8. The lowest BCUT2D eigenvalue weighted by atomic mass is 10.3. The van der Waals surface area contributed by atoms with E-state index < -0.39 is 0 Å². The molecule has 0 saturated carbocycles. The van der Waals surface area contributed by atoms with Crippen molar-refractivity contribution >= 4 is 27.4 Å². The monoisotopic (exact) mass is 253 g/mol. The van der Waals surface area contributed by atoms with Crippen LogP contribution >= 0.6 is 15.9 Å². The van der Waals surface area contributed by atoms with Crippen molar-refractivity contribution in [2.45, 2.75) is 13.3 Å². The summed E-state index contributed by atoms with van der Waals surface area (Å²) in [5.41, 5.74) is 2.08. The number of imidazole rings is 1. The first-order chi connectivity index (χ1) is 6.76. The summed E-state index contributed by atoms with van der Waals surface area (Å²) in [6.45, 7) is 2.11. The number of nitrogens with one attached hydrogen (secondary N) is 1. The molecule has 2 aromatic rings. The van der Waals surface area contributed by atoms with Crippen molar-refractivity contribution in [1.82, 2.24) is 9.38 Å². The molecule has 0 saturated heterocycles. The molecular weight excluding hydrogens is 242 g/mol. The van der Waals surface area contributed by atoms with Crippen molar-refractivity contribution in [3.05, 3.63) is 28.5 Å². The molecule has 2 aromatic heterocycles. The highest BCUT2D eigenvalue weighted by atomic mass is 79.9. The van der Waals surface area contributed by atoms with E-state index in [1.807, 2.05) is 25.4 Å². The number of halogens is 1. The van der Waals surface area contributed by atoms with Gasteiger partial charge < -0.3 is 5.32 Å². The number of fused-ring (bicyclic) bond motifs is 1. The molecule has 1 N–H and O–H groups in total. The number of nitrogens with zero attached hydrogens (tertiary/aromatic N) is 2. The Morgan fingerprint density at radius 2 is 2.29 bits per heavy atom. The maximum Gasteiger partial charge on any atom is 0.138 e. The summed E-state index contributed by atoms with van der Waals surface area (Å²) >= 11 is 3.45. The van der Waals surface area contributed by atoms with Crippen molar-refractivity contribution in [3.8, 4) is 0 Å². The van der Waals surface area contributed by atoms with Crippen LogP contribution in [0.25, 0.3) is 5.65 Å². The van der Waals surface area contributed by atoms with E-state index in [1.54, 1.807) is 0 Å². The summed E-state index contributed by atoms with van der Waals surface area (Å²) in [6, 6.07) is 4.01. The second kappa shape index (κ2) is 3.61. The average Bonchev–Trinajstić information content (AvgIpc) is 2.54. The fourth-order valence-electron chi connectivity index (χ4n) is 1.58. The van der Waals surface area contributed by atoms with Crippen LogP contribution in [0.2, 0.25) is 0 Å². The van der Waals surface area contributed by atoms with Gasteiger partial charge in [0.05, 0.1) is 5.69 Å². The van der Waals surface area contributed by atoms with Gasteiger partial charge in [0.1, 0.15) is 11.5 Å². The van der Waals surface area contributed by atoms with E-state index >= 15 is 0 Å². The number of pyridine rings is 1. The molecule has 0 fully saturated rings. The van der Waals surface area contributed by atoms with Crippen molar-refractivity contribution in [3.63, 3.8) is 0 Å². The Hall–Kier alpha value is -1.03. The van der Waals surface area contributed by atoms with Gasteiger partial charge in [-0.2, -0.15) is 0 Å². The van der Waals surface area contributed by atoms with Gasteiger partial charge in [0.2, 0.25) is 0 Å². The summed E-state index contributed by atoms with van der Waals surface area (Å²) in [4.78, 5) is 4.52. The van der Waals surface area contributed by atoms with E-state index in [-0.39, 0.29) is 0 Å². The third kappa shape index (κ3) is 1.39. The summed E-state index contributed by atoms with van der Waals surface area (Å²) in [5.74, 6) is 1.07. The molecule has 0 aliphatic carbocycles. The number of aryl methyl sites for hydroxylation is 1. The standard InChI is InChI=1S/C10H12BrN3/c1-3-8-10(12-2)14-6-7(11)4-5-9(14)13-8/h4-6,12H,3H2,1-2H3. The van der Waals surface area contributed by atoms with Gasteiger partial charge in [0.25, 0.3) is 0 Å². The lowest BCUT2D eigenvalue weighted by molar-refractivity contribution is 1.07. The average molecular weight is 254 g/mol. The van der Waals surface area contributed by atoms with Crippen LogP contribution in [-0.4, -0.2) is 16.4 Å². The third-order valence-corrected chi connectivity index (χ3v) is 2.70. The van der Waals surface area contributed by atoms with Crippen LogP contribution in [0.15, 0.2) is 22.8 Å². The van der Waals surface area contributed by atoms with Gasteiger partial charge in [-0.3, -0.25) is 4.40 Å². The Labute approximate surface area is 91.3 Å². The lowest BCUT2D eigenvalue weighted by Gasteiger charge is -2.02. The predicted molar refractivity (Wildman–Crippen MR) is 61.8 cm³/mol. The first-order valence-electron chi connectivity index (χ1n) is 4.60. The summed E-state index contributed by atoms with van der Waals surface area (Å²) < 4.78 is 3.12. The maximum absolute atomic E-state index is 4.52. The van der Waals surface area contributed by atoms with Crippen LogP contribution < -0.4 is 5.32 Å². The van der Waals surface area contributed by atoms with Gasteiger partial charge in [0, 0.05) is 17.7 Å². The molecule has 0 aliphatic heterocycles.